The quantitative estimate of drug-likeness (QED) is 0.259. The lowest BCUT2D eigenvalue weighted by Crippen LogP contribution is -2.24. The van der Waals surface area contributed by atoms with Gasteiger partial charge in [-0.25, -0.2) is 0 Å². The fourth-order valence-corrected chi connectivity index (χ4v) is 1.86. The van der Waals surface area contributed by atoms with E-state index < -0.39 is 53.8 Å². The molecule has 0 bridgehead atoms. The molecule has 0 unspecified atom stereocenters. The predicted octanol–water partition coefficient (Wildman–Crippen LogP) is 1.87. The monoisotopic (exact) mass is 478 g/mol. The Morgan fingerprint density at radius 3 is 1.40 bits per heavy atom. The number of oxime groups is 2. The summed E-state index contributed by atoms with van der Waals surface area (Å²) < 4.78 is 123. The second kappa shape index (κ2) is 8.55. The van der Waals surface area contributed by atoms with Gasteiger partial charge in [0, 0.05) is 11.1 Å². The minimum absolute atomic E-state index is 0.464. The molecule has 1 rings (SSSR count). The lowest BCUT2D eigenvalue weighted by atomic mass is 10.0. The molecule has 0 aromatic heterocycles. The molecule has 0 heterocycles. The van der Waals surface area contributed by atoms with Gasteiger partial charge >= 0.3 is 31.3 Å². The van der Waals surface area contributed by atoms with Crippen molar-refractivity contribution in [3.63, 3.8) is 0 Å². The second-order valence-corrected chi connectivity index (χ2v) is 7.67. The highest BCUT2D eigenvalue weighted by Crippen LogP contribution is 2.26. The van der Waals surface area contributed by atoms with Crippen molar-refractivity contribution in [1.29, 1.82) is 10.5 Å². The lowest BCUT2D eigenvalue weighted by Gasteiger charge is -2.06. The van der Waals surface area contributed by atoms with Crippen LogP contribution in [0.25, 0.3) is 0 Å². The van der Waals surface area contributed by atoms with Gasteiger partial charge in [0.2, 0.25) is 0 Å². The van der Waals surface area contributed by atoms with Crippen LogP contribution in [0.1, 0.15) is 11.1 Å². The third-order valence-corrected chi connectivity index (χ3v) is 4.32. The molecule has 1 aromatic rings. The summed E-state index contributed by atoms with van der Waals surface area (Å²) in [5, 5.41) is 22.9. The first kappa shape index (κ1) is 24.7. The van der Waals surface area contributed by atoms with Crippen LogP contribution in [0.4, 0.5) is 26.3 Å². The third-order valence-electron chi connectivity index (χ3n) is 2.64. The summed E-state index contributed by atoms with van der Waals surface area (Å²) in [6.07, 6.45) is 0. The summed E-state index contributed by atoms with van der Waals surface area (Å²) in [4.78, 5) is 0. The number of hydrogen-bond acceptors (Lipinski definition) is 10. The molecular formula is C12H4F6N4O6S2. The first-order chi connectivity index (χ1) is 13.6. The molecule has 0 saturated heterocycles. The largest absolute Gasteiger partial charge is 0.536 e. The summed E-state index contributed by atoms with van der Waals surface area (Å²) in [6.45, 7) is 0. The van der Waals surface area contributed by atoms with E-state index in [0.29, 0.717) is 0 Å². The molecule has 0 amide bonds. The van der Waals surface area contributed by atoms with Gasteiger partial charge in [0.1, 0.15) is 12.1 Å². The summed E-state index contributed by atoms with van der Waals surface area (Å²) in [5.74, 6) is 0. The van der Waals surface area contributed by atoms with E-state index in [1.807, 2.05) is 0 Å². The standard InChI is InChI=1S/C12H4F6N4O6S2/c13-11(14,15)29(23,24)27-21-9(5-19)7-2-1-3-8(4-7)10(6-20)22-28-30(25,26)12(16,17)18/h1-4H. The molecule has 0 fully saturated rings. The zero-order valence-electron chi connectivity index (χ0n) is 13.6. The number of hydrogen-bond donors (Lipinski definition) is 0. The fraction of sp³-hybridized carbons (Fsp3) is 0.167. The SMILES string of the molecule is N#CC(=NOS(=O)(=O)C(F)(F)F)c1cccc(C(C#N)=NOS(=O)(=O)C(F)(F)F)c1. The molecular weight excluding hydrogens is 474 g/mol. The zero-order chi connectivity index (χ0) is 23.4. The molecule has 0 spiro atoms. The molecule has 162 valence electrons. The van der Waals surface area contributed by atoms with Crippen LogP contribution in [-0.4, -0.2) is 39.3 Å². The lowest BCUT2D eigenvalue weighted by molar-refractivity contribution is -0.0545. The van der Waals surface area contributed by atoms with Crippen molar-refractivity contribution < 1.29 is 51.7 Å². The van der Waals surface area contributed by atoms with Gasteiger partial charge in [-0.2, -0.15) is 53.7 Å². The first-order valence-corrected chi connectivity index (χ1v) is 9.44. The maximum absolute atomic E-state index is 12.2. The Labute approximate surface area is 163 Å². The molecule has 0 aliphatic carbocycles. The van der Waals surface area contributed by atoms with Crippen LogP contribution in [-0.2, 0) is 28.8 Å². The van der Waals surface area contributed by atoms with Gasteiger partial charge in [0.05, 0.1) is 0 Å². The van der Waals surface area contributed by atoms with Crippen molar-refractivity contribution in [3.8, 4) is 12.1 Å². The zero-order valence-corrected chi connectivity index (χ0v) is 15.3. The van der Waals surface area contributed by atoms with E-state index in [2.05, 4.69) is 18.9 Å². The molecule has 0 N–H and O–H groups in total. The van der Waals surface area contributed by atoms with Gasteiger partial charge in [-0.1, -0.05) is 28.5 Å². The molecule has 18 heteroatoms. The van der Waals surface area contributed by atoms with E-state index in [-0.39, 0.29) is 0 Å². The molecule has 0 saturated carbocycles. The van der Waals surface area contributed by atoms with Crippen molar-refractivity contribution in [3.05, 3.63) is 35.4 Å². The second-order valence-electron chi connectivity index (χ2n) is 4.63. The van der Waals surface area contributed by atoms with Crippen molar-refractivity contribution in [2.24, 2.45) is 10.3 Å². The summed E-state index contributed by atoms with van der Waals surface area (Å²) >= 11 is 0. The number of rotatable bonds is 6. The number of nitriles is 2. The van der Waals surface area contributed by atoms with E-state index in [9.17, 15) is 43.2 Å². The Morgan fingerprint density at radius 2 is 1.13 bits per heavy atom. The summed E-state index contributed by atoms with van der Waals surface area (Å²) in [7, 11) is -12.4. The maximum Gasteiger partial charge on any atom is 0.536 e. The maximum atomic E-state index is 12.2. The Balaban J connectivity index is 3.31. The normalized spacial score (nSPS) is 13.9. The van der Waals surface area contributed by atoms with E-state index in [4.69, 9.17) is 10.5 Å². The van der Waals surface area contributed by atoms with Gasteiger partial charge in [-0.05, 0) is 6.07 Å². The molecule has 0 aliphatic heterocycles. The number of nitrogens with zero attached hydrogens (tertiary/aromatic N) is 4. The minimum Gasteiger partial charge on any atom is -0.260 e. The Bertz CT molecular complexity index is 1080. The van der Waals surface area contributed by atoms with E-state index in [1.165, 1.54) is 12.1 Å². The number of benzene rings is 1. The topological polar surface area (TPSA) is 159 Å². The first-order valence-electron chi connectivity index (χ1n) is 6.62. The predicted molar refractivity (Wildman–Crippen MR) is 82.9 cm³/mol. The van der Waals surface area contributed by atoms with Crippen LogP contribution in [0.15, 0.2) is 34.6 Å². The highest BCUT2D eigenvalue weighted by molar-refractivity contribution is 7.87. The van der Waals surface area contributed by atoms with Crippen LogP contribution in [0, 0.1) is 22.7 Å². The molecule has 0 radical (unpaired) electrons. The van der Waals surface area contributed by atoms with Crippen molar-refractivity contribution >= 4 is 31.7 Å². The van der Waals surface area contributed by atoms with Crippen LogP contribution in [0.2, 0.25) is 0 Å². The summed E-state index contributed by atoms with van der Waals surface area (Å²) in [6, 6.07) is 6.07. The Morgan fingerprint density at radius 1 is 0.800 bits per heavy atom. The van der Waals surface area contributed by atoms with Crippen LogP contribution in [0.3, 0.4) is 0 Å². The molecule has 30 heavy (non-hydrogen) atoms. The third kappa shape index (κ3) is 5.81. The average molecular weight is 478 g/mol. The van der Waals surface area contributed by atoms with E-state index >= 15 is 0 Å². The smallest absolute Gasteiger partial charge is 0.260 e. The fourth-order valence-electron chi connectivity index (χ4n) is 1.35. The molecule has 0 atom stereocenters. The van der Waals surface area contributed by atoms with Gasteiger partial charge in [-0.3, -0.25) is 8.57 Å². The van der Waals surface area contributed by atoms with Gasteiger partial charge in [0.15, 0.2) is 11.4 Å². The van der Waals surface area contributed by atoms with Crippen LogP contribution in [0.5, 0.6) is 0 Å². The number of halogens is 6. The molecule has 10 nitrogen and oxygen atoms in total. The minimum atomic E-state index is -6.19. The Hall–Kier alpha value is -3.38. The van der Waals surface area contributed by atoms with Gasteiger partial charge in [0.25, 0.3) is 0 Å². The van der Waals surface area contributed by atoms with E-state index in [1.54, 1.807) is 0 Å². The Kier molecular flexibility index (Phi) is 7.03. The van der Waals surface area contributed by atoms with Crippen LogP contribution >= 0.6 is 0 Å². The van der Waals surface area contributed by atoms with Crippen LogP contribution < -0.4 is 0 Å². The van der Waals surface area contributed by atoms with Crippen molar-refractivity contribution in [2.75, 3.05) is 0 Å². The molecule has 0 aliphatic rings. The van der Waals surface area contributed by atoms with E-state index in [0.717, 1.165) is 24.3 Å². The average Bonchev–Trinajstić information content (AvgIpc) is 2.61. The van der Waals surface area contributed by atoms with Crippen molar-refractivity contribution in [1.82, 2.24) is 0 Å². The highest BCUT2D eigenvalue weighted by Gasteiger charge is 2.49. The van der Waals surface area contributed by atoms with Gasteiger partial charge in [-0.15, -0.1) is 0 Å². The van der Waals surface area contributed by atoms with Crippen molar-refractivity contribution in [2.45, 2.75) is 11.0 Å². The summed E-state index contributed by atoms with van der Waals surface area (Å²) in [5.41, 5.74) is -14.7. The van der Waals surface area contributed by atoms with Gasteiger partial charge < -0.3 is 0 Å². The highest BCUT2D eigenvalue weighted by atomic mass is 32.2. The number of alkyl halides is 6. The molecule has 1 aromatic carbocycles.